The third kappa shape index (κ3) is 6.80. The molecule has 0 saturated heterocycles. The molecule has 0 aliphatic carbocycles. The highest BCUT2D eigenvalue weighted by Gasteiger charge is 2.17. The maximum Gasteiger partial charge on any atom is 0.248 e. The lowest BCUT2D eigenvalue weighted by atomic mass is 10.0. The predicted molar refractivity (Wildman–Crippen MR) is 131 cm³/mol. The molecule has 35 heavy (non-hydrogen) atoms. The number of aromatic nitrogens is 2. The zero-order chi connectivity index (χ0) is 25.5. The standard InChI is InChI=1S/C26H33N3O6/c1-6-18-11-20(10-17(5)24(18)33-14-21(31)12-27-23(32)13-30)26-29-28-25(35-26)19-7-8-22(16(4)9-19)34-15(2)3/h7-11,15,21,30-31H,6,12-14H2,1-5H3,(H,27,32)/t21-/m1/s1. The number of nitrogens with zero attached hydrogens (tertiary/aromatic N) is 2. The molecule has 3 rings (SSSR count). The fourth-order valence-electron chi connectivity index (χ4n) is 3.59. The summed E-state index contributed by atoms with van der Waals surface area (Å²) in [4.78, 5) is 11.1. The second kappa shape index (κ2) is 11.8. The van der Waals surface area contributed by atoms with Crippen molar-refractivity contribution in [2.75, 3.05) is 19.8 Å². The summed E-state index contributed by atoms with van der Waals surface area (Å²) in [5, 5.41) is 29.7. The Morgan fingerprint density at radius 3 is 2.40 bits per heavy atom. The van der Waals surface area contributed by atoms with Crippen LogP contribution >= 0.6 is 0 Å². The van der Waals surface area contributed by atoms with E-state index in [1.807, 2.05) is 65.0 Å². The topological polar surface area (TPSA) is 127 Å². The number of aliphatic hydroxyl groups excluding tert-OH is 2. The SMILES string of the molecule is CCc1cc(-c2nnc(-c3ccc(OC(C)C)c(C)c3)o2)cc(C)c1OC[C@H](O)CNC(=O)CO. The van der Waals surface area contributed by atoms with Crippen LogP contribution in [0.2, 0.25) is 0 Å². The van der Waals surface area contributed by atoms with Crippen LogP contribution in [0.15, 0.2) is 34.7 Å². The fourth-order valence-corrected chi connectivity index (χ4v) is 3.59. The molecule has 1 amide bonds. The van der Waals surface area contributed by atoms with Gasteiger partial charge in [-0.3, -0.25) is 4.79 Å². The third-order valence-electron chi connectivity index (χ3n) is 5.29. The van der Waals surface area contributed by atoms with Gasteiger partial charge in [-0.15, -0.1) is 10.2 Å². The maximum absolute atomic E-state index is 11.1. The lowest BCUT2D eigenvalue weighted by molar-refractivity contribution is -0.124. The molecule has 1 aromatic heterocycles. The van der Waals surface area contributed by atoms with Crippen molar-refractivity contribution < 1.29 is 28.9 Å². The highest BCUT2D eigenvalue weighted by Crippen LogP contribution is 2.33. The molecule has 9 heteroatoms. The first-order chi connectivity index (χ1) is 16.7. The van der Waals surface area contributed by atoms with Gasteiger partial charge in [0.05, 0.1) is 6.10 Å². The average Bonchev–Trinajstić information content (AvgIpc) is 3.32. The van der Waals surface area contributed by atoms with Crippen LogP contribution in [-0.4, -0.2) is 58.3 Å². The minimum Gasteiger partial charge on any atom is -0.491 e. The van der Waals surface area contributed by atoms with Crippen LogP contribution < -0.4 is 14.8 Å². The molecule has 1 atom stereocenters. The van der Waals surface area contributed by atoms with Crippen molar-refractivity contribution in [3.63, 3.8) is 0 Å². The van der Waals surface area contributed by atoms with Gasteiger partial charge in [-0.1, -0.05) is 6.92 Å². The van der Waals surface area contributed by atoms with Gasteiger partial charge in [0.25, 0.3) is 0 Å². The number of carbonyl (C=O) groups excluding carboxylic acids is 1. The summed E-state index contributed by atoms with van der Waals surface area (Å²) in [6.45, 7) is 9.24. The van der Waals surface area contributed by atoms with Crippen LogP contribution in [0.1, 0.15) is 37.5 Å². The highest BCUT2D eigenvalue weighted by molar-refractivity contribution is 5.76. The highest BCUT2D eigenvalue weighted by atomic mass is 16.5. The molecule has 0 aliphatic heterocycles. The molecule has 0 bridgehead atoms. The van der Waals surface area contributed by atoms with Gasteiger partial charge in [-0.25, -0.2) is 0 Å². The summed E-state index contributed by atoms with van der Waals surface area (Å²) < 4.78 is 17.6. The van der Waals surface area contributed by atoms with E-state index in [-0.39, 0.29) is 19.3 Å². The largest absolute Gasteiger partial charge is 0.491 e. The minimum atomic E-state index is -0.909. The average molecular weight is 484 g/mol. The van der Waals surface area contributed by atoms with Gasteiger partial charge < -0.3 is 29.4 Å². The first kappa shape index (κ1) is 26.2. The van der Waals surface area contributed by atoms with Gasteiger partial charge in [0, 0.05) is 17.7 Å². The molecule has 3 N–H and O–H groups in total. The van der Waals surface area contributed by atoms with E-state index in [0.717, 1.165) is 33.6 Å². The number of hydrogen-bond acceptors (Lipinski definition) is 8. The Bertz CT molecular complexity index is 1160. The summed E-state index contributed by atoms with van der Waals surface area (Å²) in [6, 6.07) is 9.60. The van der Waals surface area contributed by atoms with Crippen LogP contribution in [0.5, 0.6) is 11.5 Å². The van der Waals surface area contributed by atoms with Crippen LogP contribution in [0.3, 0.4) is 0 Å². The number of ether oxygens (including phenoxy) is 2. The maximum atomic E-state index is 11.1. The molecule has 0 saturated carbocycles. The fraction of sp³-hybridized carbons (Fsp3) is 0.423. The van der Waals surface area contributed by atoms with Crippen LogP contribution in [-0.2, 0) is 11.2 Å². The molecule has 2 aromatic carbocycles. The van der Waals surface area contributed by atoms with E-state index >= 15 is 0 Å². The van der Waals surface area contributed by atoms with Gasteiger partial charge >= 0.3 is 0 Å². The van der Waals surface area contributed by atoms with E-state index in [2.05, 4.69) is 15.5 Å². The van der Waals surface area contributed by atoms with Gasteiger partial charge in [0.15, 0.2) is 0 Å². The van der Waals surface area contributed by atoms with Crippen molar-refractivity contribution >= 4 is 5.91 Å². The molecule has 9 nitrogen and oxygen atoms in total. The Hall–Kier alpha value is -3.43. The smallest absolute Gasteiger partial charge is 0.248 e. The number of carbonyl (C=O) groups is 1. The number of aryl methyl sites for hydroxylation is 3. The molecule has 3 aromatic rings. The van der Waals surface area contributed by atoms with Gasteiger partial charge in [-0.05, 0) is 81.1 Å². The second-order valence-electron chi connectivity index (χ2n) is 8.62. The second-order valence-corrected chi connectivity index (χ2v) is 8.62. The molecular formula is C26H33N3O6. The van der Waals surface area contributed by atoms with E-state index in [0.29, 0.717) is 24.0 Å². The summed E-state index contributed by atoms with van der Waals surface area (Å²) in [5.41, 5.74) is 4.36. The van der Waals surface area contributed by atoms with Crippen molar-refractivity contribution in [3.05, 3.63) is 47.0 Å². The first-order valence-corrected chi connectivity index (χ1v) is 11.6. The van der Waals surface area contributed by atoms with Crippen molar-refractivity contribution in [2.45, 2.75) is 53.2 Å². The predicted octanol–water partition coefficient (Wildman–Crippen LogP) is 3.22. The van der Waals surface area contributed by atoms with Gasteiger partial charge in [0.1, 0.15) is 30.8 Å². The van der Waals surface area contributed by atoms with Crippen LogP contribution in [0.25, 0.3) is 22.9 Å². The summed E-state index contributed by atoms with van der Waals surface area (Å²) >= 11 is 0. The summed E-state index contributed by atoms with van der Waals surface area (Å²) in [6.07, 6.45) is -0.125. The zero-order valence-electron chi connectivity index (χ0n) is 20.8. The monoisotopic (exact) mass is 483 g/mol. The molecule has 0 radical (unpaired) electrons. The van der Waals surface area contributed by atoms with E-state index in [4.69, 9.17) is 19.0 Å². The molecule has 0 unspecified atom stereocenters. The molecular weight excluding hydrogens is 450 g/mol. The molecule has 1 heterocycles. The molecule has 0 spiro atoms. The van der Waals surface area contributed by atoms with Gasteiger partial charge in [-0.2, -0.15) is 0 Å². The van der Waals surface area contributed by atoms with E-state index < -0.39 is 18.6 Å². The number of nitrogens with one attached hydrogen (secondary N) is 1. The van der Waals surface area contributed by atoms with E-state index in [1.54, 1.807) is 0 Å². The van der Waals surface area contributed by atoms with Crippen LogP contribution in [0.4, 0.5) is 0 Å². The van der Waals surface area contributed by atoms with Crippen molar-refractivity contribution in [2.24, 2.45) is 0 Å². The Balaban J connectivity index is 1.76. The number of amides is 1. The van der Waals surface area contributed by atoms with Crippen molar-refractivity contribution in [1.29, 1.82) is 0 Å². The Morgan fingerprint density at radius 2 is 1.77 bits per heavy atom. The lowest BCUT2D eigenvalue weighted by Crippen LogP contribution is -2.36. The molecule has 188 valence electrons. The zero-order valence-corrected chi connectivity index (χ0v) is 20.8. The Labute approximate surface area is 205 Å². The number of aliphatic hydroxyl groups is 2. The van der Waals surface area contributed by atoms with Crippen LogP contribution in [0, 0.1) is 13.8 Å². The van der Waals surface area contributed by atoms with Crippen molar-refractivity contribution in [1.82, 2.24) is 15.5 Å². The Kier molecular flexibility index (Phi) is 8.84. The Morgan fingerprint density at radius 1 is 1.09 bits per heavy atom. The summed E-state index contributed by atoms with van der Waals surface area (Å²) in [7, 11) is 0. The van der Waals surface area contributed by atoms with E-state index in [9.17, 15) is 9.90 Å². The third-order valence-corrected chi connectivity index (χ3v) is 5.29. The quantitative estimate of drug-likeness (QED) is 0.379. The normalized spacial score (nSPS) is 12.0. The number of benzene rings is 2. The lowest BCUT2D eigenvalue weighted by Gasteiger charge is -2.17. The molecule has 0 fully saturated rings. The minimum absolute atomic E-state index is 0.000525. The number of hydrogen-bond donors (Lipinski definition) is 3. The number of rotatable bonds is 11. The molecule has 0 aliphatic rings. The summed E-state index contributed by atoms with van der Waals surface area (Å²) in [5.74, 6) is 1.76. The van der Waals surface area contributed by atoms with Gasteiger partial charge in [0.2, 0.25) is 17.7 Å². The first-order valence-electron chi connectivity index (χ1n) is 11.6. The van der Waals surface area contributed by atoms with E-state index in [1.165, 1.54) is 0 Å². The van der Waals surface area contributed by atoms with Crippen molar-refractivity contribution in [3.8, 4) is 34.4 Å².